The molecule has 0 aliphatic carbocycles. The third-order valence-corrected chi connectivity index (χ3v) is 3.72. The number of methoxy groups -OCH3 is 1. The fraction of sp³-hybridized carbons (Fsp3) is 0.316. The van der Waals surface area contributed by atoms with Gasteiger partial charge in [-0.15, -0.1) is 0 Å². The van der Waals surface area contributed by atoms with Gasteiger partial charge in [0.2, 0.25) is 0 Å². The lowest BCUT2D eigenvalue weighted by atomic mass is 9.94. The van der Waals surface area contributed by atoms with Crippen LogP contribution in [0.1, 0.15) is 30.5 Å². The van der Waals surface area contributed by atoms with Crippen molar-refractivity contribution in [1.82, 2.24) is 5.32 Å². The van der Waals surface area contributed by atoms with Crippen molar-refractivity contribution in [3.05, 3.63) is 59.2 Å². The average molecular weight is 312 g/mol. The van der Waals surface area contributed by atoms with E-state index in [1.165, 1.54) is 0 Å². The summed E-state index contributed by atoms with van der Waals surface area (Å²) < 4.78 is 5.16. The van der Waals surface area contributed by atoms with Gasteiger partial charge < -0.3 is 15.4 Å². The first-order valence-corrected chi connectivity index (χ1v) is 7.62. The molecule has 2 aromatic carbocycles. The van der Waals surface area contributed by atoms with Gasteiger partial charge in [-0.3, -0.25) is 0 Å². The SMILES string of the molecule is COc1ccc(C(C)(C)NC(=O)Nc2cc(C)cc(C)c2)cc1. The Morgan fingerprint density at radius 2 is 1.57 bits per heavy atom. The van der Waals surface area contributed by atoms with Gasteiger partial charge in [0.15, 0.2) is 0 Å². The fourth-order valence-corrected chi connectivity index (χ4v) is 2.57. The molecular weight excluding hydrogens is 288 g/mol. The number of nitrogens with one attached hydrogen (secondary N) is 2. The number of rotatable bonds is 4. The summed E-state index contributed by atoms with van der Waals surface area (Å²) in [6, 6.07) is 13.4. The third-order valence-electron chi connectivity index (χ3n) is 3.72. The van der Waals surface area contributed by atoms with E-state index in [-0.39, 0.29) is 6.03 Å². The van der Waals surface area contributed by atoms with Crippen molar-refractivity contribution in [2.24, 2.45) is 0 Å². The van der Waals surface area contributed by atoms with Crippen molar-refractivity contribution in [2.75, 3.05) is 12.4 Å². The van der Waals surface area contributed by atoms with Crippen molar-refractivity contribution in [3.8, 4) is 5.75 Å². The smallest absolute Gasteiger partial charge is 0.319 e. The molecule has 2 amide bonds. The maximum Gasteiger partial charge on any atom is 0.319 e. The van der Waals surface area contributed by atoms with Gasteiger partial charge in [-0.25, -0.2) is 4.79 Å². The van der Waals surface area contributed by atoms with E-state index in [2.05, 4.69) is 16.7 Å². The number of carbonyl (C=O) groups is 1. The Morgan fingerprint density at radius 3 is 2.09 bits per heavy atom. The highest BCUT2D eigenvalue weighted by Crippen LogP contribution is 2.23. The van der Waals surface area contributed by atoms with Gasteiger partial charge in [0.1, 0.15) is 5.75 Å². The number of carbonyl (C=O) groups excluding carboxylic acids is 1. The minimum Gasteiger partial charge on any atom is -0.497 e. The number of amides is 2. The third kappa shape index (κ3) is 4.49. The Bertz CT molecular complexity index is 671. The zero-order valence-electron chi connectivity index (χ0n) is 14.4. The predicted octanol–water partition coefficient (Wildman–Crippen LogP) is 4.37. The van der Waals surface area contributed by atoms with Crippen LogP contribution in [0.5, 0.6) is 5.75 Å². The standard InChI is InChI=1S/C19H24N2O2/c1-13-10-14(2)12-16(11-13)20-18(22)21-19(3,4)15-6-8-17(23-5)9-7-15/h6-12H,1-5H3,(H2,20,21,22). The highest BCUT2D eigenvalue weighted by atomic mass is 16.5. The molecule has 23 heavy (non-hydrogen) atoms. The van der Waals surface area contributed by atoms with Crippen LogP contribution in [0.4, 0.5) is 10.5 Å². The van der Waals surface area contributed by atoms with E-state index in [1.54, 1.807) is 7.11 Å². The predicted molar refractivity (Wildman–Crippen MR) is 94.1 cm³/mol. The molecule has 0 bridgehead atoms. The lowest BCUT2D eigenvalue weighted by molar-refractivity contribution is 0.242. The van der Waals surface area contributed by atoms with Crippen LogP contribution in [0.15, 0.2) is 42.5 Å². The molecule has 2 aromatic rings. The Hall–Kier alpha value is -2.49. The van der Waals surface area contributed by atoms with Gasteiger partial charge in [-0.05, 0) is 68.7 Å². The van der Waals surface area contributed by atoms with Crippen LogP contribution in [0.3, 0.4) is 0 Å². The van der Waals surface area contributed by atoms with E-state index < -0.39 is 5.54 Å². The maximum atomic E-state index is 12.3. The molecule has 0 radical (unpaired) electrons. The summed E-state index contributed by atoms with van der Waals surface area (Å²) in [5.41, 5.74) is 3.55. The van der Waals surface area contributed by atoms with Crippen LogP contribution in [0.2, 0.25) is 0 Å². The molecule has 0 spiro atoms. The molecule has 0 aliphatic rings. The van der Waals surface area contributed by atoms with Gasteiger partial charge >= 0.3 is 6.03 Å². The number of hydrogen-bond donors (Lipinski definition) is 2. The van der Waals surface area contributed by atoms with Crippen LogP contribution in [-0.2, 0) is 5.54 Å². The van der Waals surface area contributed by atoms with Crippen molar-refractivity contribution >= 4 is 11.7 Å². The summed E-state index contributed by atoms with van der Waals surface area (Å²) in [6.45, 7) is 7.96. The number of ether oxygens (including phenoxy) is 1. The number of benzene rings is 2. The summed E-state index contributed by atoms with van der Waals surface area (Å²) >= 11 is 0. The summed E-state index contributed by atoms with van der Waals surface area (Å²) in [5, 5.41) is 5.90. The molecule has 0 aliphatic heterocycles. The van der Waals surface area contributed by atoms with E-state index in [0.717, 1.165) is 28.1 Å². The molecule has 2 N–H and O–H groups in total. The quantitative estimate of drug-likeness (QED) is 0.881. The summed E-state index contributed by atoms with van der Waals surface area (Å²) in [7, 11) is 1.63. The molecule has 0 saturated heterocycles. The monoisotopic (exact) mass is 312 g/mol. The molecule has 0 atom stereocenters. The zero-order chi connectivity index (χ0) is 17.0. The van der Waals surface area contributed by atoms with Crippen LogP contribution < -0.4 is 15.4 Å². The maximum absolute atomic E-state index is 12.3. The normalized spacial score (nSPS) is 11.0. The van der Waals surface area contributed by atoms with Crippen molar-refractivity contribution < 1.29 is 9.53 Å². The molecule has 0 unspecified atom stereocenters. The van der Waals surface area contributed by atoms with E-state index in [9.17, 15) is 4.79 Å². The number of aryl methyl sites for hydroxylation is 2. The highest BCUT2D eigenvalue weighted by molar-refractivity contribution is 5.90. The molecule has 0 heterocycles. The first-order chi connectivity index (χ1) is 10.8. The zero-order valence-corrected chi connectivity index (χ0v) is 14.4. The molecule has 0 aromatic heterocycles. The van der Waals surface area contributed by atoms with Crippen molar-refractivity contribution in [2.45, 2.75) is 33.2 Å². The van der Waals surface area contributed by atoms with Gasteiger partial charge in [-0.2, -0.15) is 0 Å². The number of anilines is 1. The lowest BCUT2D eigenvalue weighted by Gasteiger charge is -2.27. The number of urea groups is 1. The Kier molecular flexibility index (Phi) is 4.94. The van der Waals surface area contributed by atoms with E-state index in [0.29, 0.717) is 0 Å². The van der Waals surface area contributed by atoms with E-state index >= 15 is 0 Å². The van der Waals surface area contributed by atoms with Gasteiger partial charge in [0.25, 0.3) is 0 Å². The minimum atomic E-state index is -0.491. The minimum absolute atomic E-state index is 0.226. The second-order valence-corrected chi connectivity index (χ2v) is 6.31. The molecule has 122 valence electrons. The molecular formula is C19H24N2O2. The highest BCUT2D eigenvalue weighted by Gasteiger charge is 2.23. The fourth-order valence-electron chi connectivity index (χ4n) is 2.57. The summed E-state index contributed by atoms with van der Waals surface area (Å²) in [4.78, 5) is 12.3. The van der Waals surface area contributed by atoms with Crippen LogP contribution in [-0.4, -0.2) is 13.1 Å². The largest absolute Gasteiger partial charge is 0.497 e. The van der Waals surface area contributed by atoms with Crippen LogP contribution in [0, 0.1) is 13.8 Å². The van der Waals surface area contributed by atoms with E-state index in [4.69, 9.17) is 4.74 Å². The topological polar surface area (TPSA) is 50.4 Å². The molecule has 4 heteroatoms. The van der Waals surface area contributed by atoms with Crippen LogP contribution >= 0.6 is 0 Å². The molecule has 2 rings (SSSR count). The van der Waals surface area contributed by atoms with E-state index in [1.807, 2.05) is 64.1 Å². The first-order valence-electron chi connectivity index (χ1n) is 7.62. The second-order valence-electron chi connectivity index (χ2n) is 6.31. The Labute approximate surface area is 137 Å². The first kappa shape index (κ1) is 16.9. The number of hydrogen-bond acceptors (Lipinski definition) is 2. The van der Waals surface area contributed by atoms with Crippen LogP contribution in [0.25, 0.3) is 0 Å². The Morgan fingerprint density at radius 1 is 1.00 bits per heavy atom. The molecule has 0 fully saturated rings. The van der Waals surface area contributed by atoms with Crippen molar-refractivity contribution in [1.29, 1.82) is 0 Å². The van der Waals surface area contributed by atoms with Gasteiger partial charge in [0.05, 0.1) is 12.6 Å². The van der Waals surface area contributed by atoms with Crippen molar-refractivity contribution in [3.63, 3.8) is 0 Å². The molecule has 4 nitrogen and oxygen atoms in total. The van der Waals surface area contributed by atoms with Gasteiger partial charge in [0, 0.05) is 5.69 Å². The van der Waals surface area contributed by atoms with Gasteiger partial charge in [-0.1, -0.05) is 18.2 Å². The molecule has 0 saturated carbocycles. The summed E-state index contributed by atoms with van der Waals surface area (Å²) in [6.07, 6.45) is 0. The Balaban J connectivity index is 2.07. The summed E-state index contributed by atoms with van der Waals surface area (Å²) in [5.74, 6) is 0.796. The lowest BCUT2D eigenvalue weighted by Crippen LogP contribution is -2.43. The average Bonchev–Trinajstić information content (AvgIpc) is 2.45. The second kappa shape index (κ2) is 6.73.